The number of rotatable bonds is 4. The zero-order valence-corrected chi connectivity index (χ0v) is 27.8. The largest absolute Gasteiger partial charge is 0.354 e. The lowest BCUT2D eigenvalue weighted by Gasteiger charge is -2.25. The fourth-order valence-corrected chi connectivity index (χ4v) is 6.00. The lowest BCUT2D eigenvalue weighted by atomic mass is 9.98. The molecule has 4 N–H and O–H groups in total. The number of nitrogens with one attached hydrogen (secondary N) is 4. The molecule has 0 saturated heterocycles. The second kappa shape index (κ2) is 15.6. The molecule has 4 amide bonds. The van der Waals surface area contributed by atoms with Crippen molar-refractivity contribution in [1.29, 1.82) is 0 Å². The fourth-order valence-electron chi connectivity index (χ4n) is 6.00. The SMILES string of the molecule is CC[C@H](C)[C@@H]1NC(=O)CCCN(C(=O)c2ccccc2-c2nccn2C)CCCNC(=O)c2ccc3[nH]c(=O)n(c3c2)CCCNC1=O. The Labute approximate surface area is 279 Å². The van der Waals surface area contributed by atoms with Gasteiger partial charge < -0.3 is 30.4 Å². The lowest BCUT2D eigenvalue weighted by molar-refractivity contribution is -0.130. The number of carbonyl (C=O) groups is 4. The van der Waals surface area contributed by atoms with Crippen LogP contribution in [0.1, 0.15) is 66.7 Å². The summed E-state index contributed by atoms with van der Waals surface area (Å²) < 4.78 is 3.41. The van der Waals surface area contributed by atoms with Gasteiger partial charge in [0.2, 0.25) is 11.8 Å². The molecule has 0 unspecified atom stereocenters. The molecule has 2 aromatic heterocycles. The second-order valence-electron chi connectivity index (χ2n) is 12.3. The van der Waals surface area contributed by atoms with E-state index in [2.05, 4.69) is 25.9 Å². The number of aryl methyl sites for hydroxylation is 2. The number of H-pyrrole nitrogens is 1. The van der Waals surface area contributed by atoms with Crippen LogP contribution < -0.4 is 21.6 Å². The van der Waals surface area contributed by atoms with Crippen LogP contribution in [-0.4, -0.2) is 79.9 Å². The van der Waals surface area contributed by atoms with Crippen LogP contribution in [0.3, 0.4) is 0 Å². The van der Waals surface area contributed by atoms with Gasteiger partial charge in [0.1, 0.15) is 11.9 Å². The Morgan fingerprint density at radius 3 is 2.50 bits per heavy atom. The maximum absolute atomic E-state index is 14.0. The van der Waals surface area contributed by atoms with E-state index in [1.54, 1.807) is 39.9 Å². The maximum Gasteiger partial charge on any atom is 0.326 e. The molecule has 0 saturated carbocycles. The smallest absolute Gasteiger partial charge is 0.326 e. The molecule has 1 aliphatic heterocycles. The third-order valence-corrected chi connectivity index (χ3v) is 8.94. The molecular formula is C35H44N8O5. The minimum atomic E-state index is -0.713. The maximum atomic E-state index is 14.0. The first-order valence-electron chi connectivity index (χ1n) is 16.6. The van der Waals surface area contributed by atoms with Crippen molar-refractivity contribution in [3.8, 4) is 11.4 Å². The van der Waals surface area contributed by atoms with Gasteiger partial charge in [-0.15, -0.1) is 0 Å². The Morgan fingerprint density at radius 2 is 1.73 bits per heavy atom. The highest BCUT2D eigenvalue weighted by atomic mass is 16.2. The molecule has 2 atom stereocenters. The third-order valence-electron chi connectivity index (χ3n) is 8.94. The highest BCUT2D eigenvalue weighted by molar-refractivity contribution is 6.00. The molecule has 0 fully saturated rings. The zero-order chi connectivity index (χ0) is 34.2. The van der Waals surface area contributed by atoms with Gasteiger partial charge in [-0.3, -0.25) is 23.7 Å². The summed E-state index contributed by atoms with van der Waals surface area (Å²) in [6.45, 7) is 5.47. The van der Waals surface area contributed by atoms with E-state index < -0.39 is 6.04 Å². The molecule has 13 heteroatoms. The molecule has 5 rings (SSSR count). The summed E-state index contributed by atoms with van der Waals surface area (Å²) in [6.07, 6.45) is 5.65. The molecule has 3 heterocycles. The minimum absolute atomic E-state index is 0.101. The molecule has 2 bridgehead atoms. The molecule has 4 aromatic rings. The number of aromatic nitrogens is 4. The Morgan fingerprint density at radius 1 is 0.979 bits per heavy atom. The number of aromatic amines is 1. The van der Waals surface area contributed by atoms with Crippen LogP contribution in [0, 0.1) is 5.92 Å². The second-order valence-corrected chi connectivity index (χ2v) is 12.3. The predicted molar refractivity (Wildman–Crippen MR) is 182 cm³/mol. The van der Waals surface area contributed by atoms with Crippen LogP contribution in [0.2, 0.25) is 0 Å². The van der Waals surface area contributed by atoms with E-state index in [9.17, 15) is 24.0 Å². The first-order chi connectivity index (χ1) is 23.2. The highest BCUT2D eigenvalue weighted by Crippen LogP contribution is 2.23. The number of hydrogen-bond donors (Lipinski definition) is 4. The molecule has 1 aliphatic rings. The number of imidazole rings is 2. The number of carbonyl (C=O) groups excluding carboxylic acids is 4. The van der Waals surface area contributed by atoms with Crippen LogP contribution >= 0.6 is 0 Å². The molecule has 254 valence electrons. The van der Waals surface area contributed by atoms with Gasteiger partial charge in [-0.05, 0) is 49.4 Å². The lowest BCUT2D eigenvalue weighted by Crippen LogP contribution is -2.50. The normalized spacial score (nSPS) is 18.1. The molecule has 0 spiro atoms. The predicted octanol–water partition coefficient (Wildman–Crippen LogP) is 2.82. The van der Waals surface area contributed by atoms with E-state index >= 15 is 0 Å². The number of benzene rings is 2. The molecule has 48 heavy (non-hydrogen) atoms. The summed E-state index contributed by atoms with van der Waals surface area (Å²) in [7, 11) is 1.87. The first-order valence-corrected chi connectivity index (χ1v) is 16.6. The van der Waals surface area contributed by atoms with Crippen LogP contribution in [0.15, 0.2) is 59.7 Å². The summed E-state index contributed by atoms with van der Waals surface area (Å²) in [6, 6.07) is 11.6. The van der Waals surface area contributed by atoms with E-state index in [-0.39, 0.29) is 41.7 Å². The van der Waals surface area contributed by atoms with E-state index in [1.807, 2.05) is 49.9 Å². The van der Waals surface area contributed by atoms with Gasteiger partial charge >= 0.3 is 5.69 Å². The monoisotopic (exact) mass is 656 g/mol. The molecule has 13 nitrogen and oxygen atoms in total. The van der Waals surface area contributed by atoms with Crippen molar-refractivity contribution in [2.45, 2.75) is 58.5 Å². The summed E-state index contributed by atoms with van der Waals surface area (Å²) in [5.74, 6) is -0.483. The van der Waals surface area contributed by atoms with Crippen molar-refractivity contribution in [3.63, 3.8) is 0 Å². The van der Waals surface area contributed by atoms with E-state index in [0.29, 0.717) is 92.0 Å². The Kier molecular flexibility index (Phi) is 11.1. The van der Waals surface area contributed by atoms with Gasteiger partial charge in [-0.1, -0.05) is 38.5 Å². The standard InChI is InChI=1S/C35H44N8O5/c1-4-23(2)30-33(46)38-16-9-20-43-28-22-24(13-14-27(28)39-35(43)48)32(45)37-15-8-19-42(18-7-12-29(44)40-30)34(47)26-11-6-5-10-25(26)31-36-17-21-41(31)3/h5-6,10-11,13-14,17,21-23,30H,4,7-9,12,15-16,18-20H2,1-3H3,(H,37,45)(H,38,46)(H,39,48)(H,40,44)/t23-,30-/m0/s1. The number of amides is 4. The van der Waals surface area contributed by atoms with Crippen LogP contribution in [0.4, 0.5) is 0 Å². The number of nitrogens with zero attached hydrogens (tertiary/aromatic N) is 4. The third kappa shape index (κ3) is 7.84. The highest BCUT2D eigenvalue weighted by Gasteiger charge is 2.26. The first kappa shape index (κ1) is 34.1. The van der Waals surface area contributed by atoms with Crippen molar-refractivity contribution in [2.75, 3.05) is 26.2 Å². The quantitative estimate of drug-likeness (QED) is 0.264. The van der Waals surface area contributed by atoms with Crippen molar-refractivity contribution in [3.05, 3.63) is 76.5 Å². The molecular weight excluding hydrogens is 612 g/mol. The number of fused-ring (bicyclic) bond motifs is 1. The Hall–Kier alpha value is -5.20. The Balaban J connectivity index is 1.40. The van der Waals surface area contributed by atoms with Gasteiger partial charge in [0, 0.05) is 69.7 Å². The van der Waals surface area contributed by atoms with Crippen LogP contribution in [-0.2, 0) is 23.2 Å². The van der Waals surface area contributed by atoms with Gasteiger partial charge in [-0.2, -0.15) is 0 Å². The average Bonchev–Trinajstić information content (AvgIpc) is 3.66. The summed E-state index contributed by atoms with van der Waals surface area (Å²) in [4.78, 5) is 75.2. The molecule has 0 radical (unpaired) electrons. The van der Waals surface area contributed by atoms with Crippen molar-refractivity contribution in [2.24, 2.45) is 13.0 Å². The summed E-state index contributed by atoms with van der Waals surface area (Å²) >= 11 is 0. The van der Waals surface area contributed by atoms with Gasteiger partial charge in [-0.25, -0.2) is 9.78 Å². The summed E-state index contributed by atoms with van der Waals surface area (Å²) in [5.41, 5.74) is 2.50. The average molecular weight is 657 g/mol. The van der Waals surface area contributed by atoms with Crippen molar-refractivity contribution >= 4 is 34.7 Å². The van der Waals surface area contributed by atoms with Crippen molar-refractivity contribution in [1.82, 2.24) is 40.0 Å². The van der Waals surface area contributed by atoms with Gasteiger partial charge in [0.15, 0.2) is 0 Å². The van der Waals surface area contributed by atoms with Crippen LogP contribution in [0.25, 0.3) is 22.4 Å². The van der Waals surface area contributed by atoms with Gasteiger partial charge in [0.05, 0.1) is 16.6 Å². The van der Waals surface area contributed by atoms with E-state index in [0.717, 1.165) is 0 Å². The molecule has 0 aliphatic carbocycles. The zero-order valence-electron chi connectivity index (χ0n) is 27.8. The van der Waals surface area contributed by atoms with Gasteiger partial charge in [0.25, 0.3) is 11.8 Å². The van der Waals surface area contributed by atoms with E-state index in [4.69, 9.17) is 0 Å². The van der Waals surface area contributed by atoms with Crippen molar-refractivity contribution < 1.29 is 19.2 Å². The topological polar surface area (TPSA) is 163 Å². The molecule has 2 aromatic carbocycles. The Bertz CT molecular complexity index is 1840. The minimum Gasteiger partial charge on any atom is -0.354 e. The fraction of sp³-hybridized carbons (Fsp3) is 0.429. The number of hydrogen-bond acceptors (Lipinski definition) is 6. The van der Waals surface area contributed by atoms with E-state index in [1.165, 1.54) is 0 Å². The summed E-state index contributed by atoms with van der Waals surface area (Å²) in [5, 5.41) is 8.76. The van der Waals surface area contributed by atoms with Crippen LogP contribution in [0.5, 0.6) is 0 Å².